The summed E-state index contributed by atoms with van der Waals surface area (Å²) in [5.41, 5.74) is 3.16. The van der Waals surface area contributed by atoms with Crippen molar-refractivity contribution in [2.75, 3.05) is 20.1 Å². The molecule has 9 N–H and O–H groups in total. The van der Waals surface area contributed by atoms with E-state index in [1.165, 1.54) is 24.3 Å². The van der Waals surface area contributed by atoms with Crippen LogP contribution in [0.2, 0.25) is 0 Å². The summed E-state index contributed by atoms with van der Waals surface area (Å²) in [6.45, 7) is 6.02. The number of aromatic nitrogens is 3. The van der Waals surface area contributed by atoms with Gasteiger partial charge in [-0.1, -0.05) is 60.1 Å². The Labute approximate surface area is 364 Å². The van der Waals surface area contributed by atoms with Gasteiger partial charge in [-0.15, -0.1) is 11.3 Å². The number of aliphatic hydroxyl groups excluding tert-OH is 1. The normalized spacial score (nSPS) is 23.0. The van der Waals surface area contributed by atoms with E-state index >= 15 is 0 Å². The van der Waals surface area contributed by atoms with Crippen molar-refractivity contribution < 1.29 is 33.9 Å². The molecule has 6 amide bonds. The summed E-state index contributed by atoms with van der Waals surface area (Å²) in [4.78, 5) is 94.2. The van der Waals surface area contributed by atoms with E-state index in [-0.39, 0.29) is 36.7 Å². The minimum Gasteiger partial charge on any atom is -0.373 e. The summed E-state index contributed by atoms with van der Waals surface area (Å²) in [6.07, 6.45) is 3.75. The summed E-state index contributed by atoms with van der Waals surface area (Å²) in [6, 6.07) is 8.91. The molecule has 6 rings (SSSR count). The Morgan fingerprint density at radius 3 is 2.28 bits per heavy atom. The highest BCUT2D eigenvalue weighted by molar-refractivity contribution is 9.10. The highest BCUT2D eigenvalue weighted by Crippen LogP contribution is 2.28. The average Bonchev–Trinajstić information content (AvgIpc) is 3.98. The molecule has 2 bridgehead atoms. The number of hydrogen-bond acceptors (Lipinski definition) is 10. The van der Waals surface area contributed by atoms with E-state index in [0.717, 1.165) is 43.2 Å². The first-order valence-corrected chi connectivity index (χ1v) is 21.4. The maximum absolute atomic E-state index is 14.4. The number of hydrogen-bond donors (Lipinski definition) is 9. The van der Waals surface area contributed by atoms with Crippen LogP contribution in [0.3, 0.4) is 0 Å². The summed E-state index contributed by atoms with van der Waals surface area (Å²) in [5.74, 6) is -3.95. The van der Waals surface area contributed by atoms with Crippen molar-refractivity contribution in [2.24, 2.45) is 5.92 Å². The fourth-order valence-electron chi connectivity index (χ4n) is 6.97. The van der Waals surface area contributed by atoms with Crippen molar-refractivity contribution in [3.63, 3.8) is 0 Å². The van der Waals surface area contributed by atoms with Crippen molar-refractivity contribution in [2.45, 2.75) is 70.9 Å². The van der Waals surface area contributed by atoms with Gasteiger partial charge in [-0.25, -0.2) is 4.98 Å². The van der Waals surface area contributed by atoms with Gasteiger partial charge < -0.3 is 47.0 Å². The number of aliphatic hydroxyl groups is 1. The lowest BCUT2D eigenvalue weighted by Crippen LogP contribution is -2.56. The van der Waals surface area contributed by atoms with E-state index in [0.29, 0.717) is 10.6 Å². The van der Waals surface area contributed by atoms with Crippen molar-refractivity contribution in [1.82, 2.24) is 51.8 Å². The number of halogens is 1. The van der Waals surface area contributed by atoms with Gasteiger partial charge in [0.15, 0.2) is 0 Å². The lowest BCUT2D eigenvalue weighted by molar-refractivity contribution is -0.131. The van der Waals surface area contributed by atoms with Gasteiger partial charge in [0.2, 0.25) is 29.5 Å². The van der Waals surface area contributed by atoms with Crippen LogP contribution < -0.4 is 31.9 Å². The summed E-state index contributed by atoms with van der Waals surface area (Å²) < 4.78 is 0.760. The topological polar surface area (TPSA) is 243 Å². The summed E-state index contributed by atoms with van der Waals surface area (Å²) in [5, 5.41) is 31.1. The molecule has 1 unspecified atom stereocenters. The Morgan fingerprint density at radius 1 is 0.836 bits per heavy atom. The van der Waals surface area contributed by atoms with Gasteiger partial charge in [0.1, 0.15) is 35.1 Å². The van der Waals surface area contributed by atoms with Crippen molar-refractivity contribution >= 4 is 84.5 Å². The number of para-hydroxylation sites is 1. The molecule has 322 valence electrons. The second kappa shape index (κ2) is 19.7. The zero-order chi connectivity index (χ0) is 44.0. The first kappa shape index (κ1) is 44.7. The van der Waals surface area contributed by atoms with E-state index < -0.39 is 72.4 Å². The van der Waals surface area contributed by atoms with Gasteiger partial charge in [-0.3, -0.25) is 33.7 Å². The van der Waals surface area contributed by atoms with E-state index in [2.05, 4.69) is 62.8 Å². The molecule has 0 fully saturated rings. The molecule has 0 saturated carbocycles. The second-order valence-electron chi connectivity index (χ2n) is 15.3. The molecule has 5 aromatic rings. The van der Waals surface area contributed by atoms with E-state index in [4.69, 9.17) is 0 Å². The quantitative estimate of drug-likeness (QED) is 0.126. The minimum atomic E-state index is -1.41. The zero-order valence-electron chi connectivity index (χ0n) is 34.2. The SMILES string of the molecule is CC(C)/C=C1\NC(=O)[C@@H](C)NC(=O)CNC(=O)[C@H](Cc2c[nH]c3cccc(Br)c23)NC(=O)[C@H](Cc2c[nH]c3ccccc23)NC(=O)c2csc(n2)[C@@H](C)NC(=O)CN(C)C1O. The monoisotopic (exact) mass is 916 g/mol. The Kier molecular flexibility index (Phi) is 14.4. The van der Waals surface area contributed by atoms with E-state index in [1.54, 1.807) is 25.4 Å². The molecule has 0 spiro atoms. The Bertz CT molecular complexity index is 2480. The molecular formula is C42H49BrN10O7S. The lowest BCUT2D eigenvalue weighted by atomic mass is 10.0. The van der Waals surface area contributed by atoms with Crippen molar-refractivity contribution in [1.29, 1.82) is 0 Å². The number of nitrogens with zero attached hydrogens (tertiary/aromatic N) is 2. The summed E-state index contributed by atoms with van der Waals surface area (Å²) >= 11 is 4.73. The van der Waals surface area contributed by atoms with Crippen LogP contribution in [0.25, 0.3) is 21.8 Å². The van der Waals surface area contributed by atoms with Crippen LogP contribution in [0.5, 0.6) is 0 Å². The predicted molar refractivity (Wildman–Crippen MR) is 234 cm³/mol. The number of aromatic amines is 2. The van der Waals surface area contributed by atoms with Crippen molar-refractivity contribution in [3.05, 3.63) is 98.3 Å². The molecule has 61 heavy (non-hydrogen) atoms. The molecule has 1 aliphatic rings. The first-order valence-electron chi connectivity index (χ1n) is 19.7. The number of benzene rings is 2. The minimum absolute atomic E-state index is 0.00481. The molecule has 5 atom stereocenters. The van der Waals surface area contributed by atoms with Crippen LogP contribution in [0.1, 0.15) is 60.4 Å². The Balaban J connectivity index is 1.34. The standard InChI is InChI=1S/C42H49BrN10O7S/c1-21(2)13-32-42(60)53(5)19-35(55)48-23(4)41-52-33(20-61-41)40(59)50-31(14-24-16-44-28-11-7-6-9-26(24)28)39(58)49-30(15-25-17-45-29-12-8-10-27(43)36(25)29)38(57)46-18-34(54)47-22(3)37(56)51-32/h6-13,16-17,20-23,30-31,42,44-45,60H,14-15,18-19H2,1-5H3,(H,46,57)(H,47,54)(H,48,55)(H,49,58)(H,50,59)(H,51,56)/b32-13-/t22-,23-,30+,31+,42?/m1/s1. The molecule has 0 radical (unpaired) electrons. The van der Waals surface area contributed by atoms with E-state index in [1.807, 2.05) is 56.3 Å². The van der Waals surface area contributed by atoms with Crippen LogP contribution in [-0.4, -0.2) is 105 Å². The maximum Gasteiger partial charge on any atom is 0.271 e. The van der Waals surface area contributed by atoms with E-state index in [9.17, 15) is 33.9 Å². The Hall–Kier alpha value is -5.89. The smallest absolute Gasteiger partial charge is 0.271 e. The fraction of sp³-hybridized carbons (Fsp3) is 0.357. The predicted octanol–water partition coefficient (Wildman–Crippen LogP) is 2.65. The van der Waals surface area contributed by atoms with Gasteiger partial charge in [0, 0.05) is 56.9 Å². The van der Waals surface area contributed by atoms with Gasteiger partial charge in [-0.2, -0.15) is 0 Å². The fourth-order valence-corrected chi connectivity index (χ4v) is 8.40. The summed E-state index contributed by atoms with van der Waals surface area (Å²) in [7, 11) is 1.51. The maximum atomic E-state index is 14.4. The van der Waals surface area contributed by atoms with Crippen LogP contribution >= 0.6 is 27.3 Å². The molecule has 3 aromatic heterocycles. The largest absolute Gasteiger partial charge is 0.373 e. The molecule has 4 heterocycles. The number of rotatable bonds is 5. The van der Waals surface area contributed by atoms with Gasteiger partial charge in [0.25, 0.3) is 5.91 Å². The first-order chi connectivity index (χ1) is 29.1. The third-order valence-electron chi connectivity index (χ3n) is 10.1. The van der Waals surface area contributed by atoms with Gasteiger partial charge in [0.05, 0.1) is 24.8 Å². The lowest BCUT2D eigenvalue weighted by Gasteiger charge is -2.27. The Morgan fingerprint density at radius 2 is 1.51 bits per heavy atom. The van der Waals surface area contributed by atoms with Gasteiger partial charge in [-0.05, 0) is 56.1 Å². The van der Waals surface area contributed by atoms with Crippen LogP contribution in [0.15, 0.2) is 76.5 Å². The number of amides is 6. The number of allylic oxidation sites excluding steroid dienone is 1. The molecular weight excluding hydrogens is 868 g/mol. The van der Waals surface area contributed by atoms with Gasteiger partial charge >= 0.3 is 0 Å². The number of carbonyl (C=O) groups is 6. The average molecular weight is 918 g/mol. The molecule has 2 aromatic carbocycles. The number of fused-ring (bicyclic) bond motifs is 4. The number of carbonyl (C=O) groups excluding carboxylic acids is 6. The number of H-pyrrole nitrogens is 2. The highest BCUT2D eigenvalue weighted by Gasteiger charge is 2.31. The molecule has 19 heteroatoms. The van der Waals surface area contributed by atoms with Crippen LogP contribution in [0.4, 0.5) is 0 Å². The third-order valence-corrected chi connectivity index (χ3v) is 11.8. The van der Waals surface area contributed by atoms with Crippen molar-refractivity contribution in [3.8, 4) is 0 Å². The van der Waals surface area contributed by atoms with Crippen LogP contribution in [0, 0.1) is 5.92 Å². The number of likely N-dealkylation sites (N-methyl/N-ethyl adjacent to an activating group) is 1. The molecule has 0 saturated heterocycles. The zero-order valence-corrected chi connectivity index (χ0v) is 36.6. The second-order valence-corrected chi connectivity index (χ2v) is 17.1. The molecule has 1 aliphatic heterocycles. The number of thiazole rings is 1. The van der Waals surface area contributed by atoms with Crippen LogP contribution in [-0.2, 0) is 36.8 Å². The number of nitrogens with one attached hydrogen (secondary N) is 8. The highest BCUT2D eigenvalue weighted by atomic mass is 79.9. The molecule has 17 nitrogen and oxygen atoms in total. The molecule has 0 aliphatic carbocycles. The third kappa shape index (κ3) is 11.1.